The summed E-state index contributed by atoms with van der Waals surface area (Å²) in [5, 5.41) is 26.5. The molecule has 0 fully saturated rings. The van der Waals surface area contributed by atoms with Gasteiger partial charge in [0.15, 0.2) is 0 Å². The first-order chi connectivity index (χ1) is 30.5. The topological polar surface area (TPSA) is 54.1 Å². The molecule has 0 saturated carbocycles. The molecule has 0 heterocycles. The summed E-state index contributed by atoms with van der Waals surface area (Å²) in [6.07, 6.45) is 0. The third-order valence-electron chi connectivity index (χ3n) is 13.2. The number of rotatable bonds is 8. The lowest BCUT2D eigenvalue weighted by molar-refractivity contribution is 0.667. The predicted octanol–water partition coefficient (Wildman–Crippen LogP) is 16.4. The van der Waals surface area contributed by atoms with Gasteiger partial charge < -0.3 is 9.80 Å². The maximum atomic E-state index is 9.62. The van der Waals surface area contributed by atoms with Crippen LogP contribution in [0, 0.1) is 22.7 Å². The van der Waals surface area contributed by atoms with E-state index in [1.807, 2.05) is 48.5 Å². The van der Waals surface area contributed by atoms with Crippen LogP contribution >= 0.6 is 0 Å². The van der Waals surface area contributed by atoms with Gasteiger partial charge in [0, 0.05) is 39.5 Å². The molecule has 63 heavy (non-hydrogen) atoms. The average Bonchev–Trinajstić information content (AvgIpc) is 3.54. The van der Waals surface area contributed by atoms with Crippen molar-refractivity contribution in [1.82, 2.24) is 0 Å². The zero-order valence-electron chi connectivity index (χ0n) is 36.6. The molecule has 0 amide bonds. The normalized spacial score (nSPS) is 12.7. The smallest absolute Gasteiger partial charge is 0.0991 e. The summed E-state index contributed by atoms with van der Waals surface area (Å²) in [6, 6.07) is 65.5. The van der Waals surface area contributed by atoms with Crippen molar-refractivity contribution in [3.8, 4) is 23.3 Å². The zero-order chi connectivity index (χ0) is 43.6. The monoisotopic (exact) mass is 812 g/mol. The lowest BCUT2D eigenvalue weighted by atomic mass is 9.79. The first-order valence-corrected chi connectivity index (χ1v) is 21.9. The second-order valence-corrected chi connectivity index (χ2v) is 18.1. The molecule has 0 radical (unpaired) electrons. The number of anilines is 6. The molecule has 9 aromatic rings. The molecule has 0 unspecified atom stereocenters. The highest BCUT2D eigenvalue weighted by Crippen LogP contribution is 2.56. The molecule has 4 heteroatoms. The molecule has 0 bridgehead atoms. The Labute approximate surface area is 370 Å². The Balaban J connectivity index is 1.13. The molecule has 0 atom stereocenters. The van der Waals surface area contributed by atoms with Crippen molar-refractivity contribution >= 4 is 66.4 Å². The maximum absolute atomic E-state index is 9.62. The second-order valence-electron chi connectivity index (χ2n) is 18.1. The quantitative estimate of drug-likeness (QED) is 0.143. The van der Waals surface area contributed by atoms with Crippen LogP contribution in [0.1, 0.15) is 86.8 Å². The molecule has 0 spiro atoms. The SMILES string of the molecule is CC(C)c1ccc(N(c2ccc(C#N)cc2)c2ccc3cc4c(cc3c2)C(C)(C)c2c-4c3ccccc3c3cc(N(c4ccc(C#N)cc4)c4ccc(C(C)C)cc4)ccc23)cc1. The van der Waals surface area contributed by atoms with Gasteiger partial charge in [0.25, 0.3) is 0 Å². The summed E-state index contributed by atoms with van der Waals surface area (Å²) in [4.78, 5) is 4.59. The highest BCUT2D eigenvalue weighted by atomic mass is 15.1. The molecule has 10 rings (SSSR count). The average molecular weight is 813 g/mol. The first kappa shape index (κ1) is 39.5. The molecular weight excluding hydrogens is 765 g/mol. The van der Waals surface area contributed by atoms with Crippen molar-refractivity contribution in [2.75, 3.05) is 9.80 Å². The van der Waals surface area contributed by atoms with Gasteiger partial charge in [-0.05, 0) is 187 Å². The molecule has 1 aliphatic rings. The Morgan fingerprint density at radius 2 is 0.889 bits per heavy atom. The molecule has 0 N–H and O–H groups in total. The Bertz CT molecular complexity index is 3310. The van der Waals surface area contributed by atoms with E-state index >= 15 is 0 Å². The molecule has 0 aromatic heterocycles. The van der Waals surface area contributed by atoms with Gasteiger partial charge in [-0.15, -0.1) is 0 Å². The first-order valence-electron chi connectivity index (χ1n) is 21.9. The van der Waals surface area contributed by atoms with Gasteiger partial charge >= 0.3 is 0 Å². The van der Waals surface area contributed by atoms with Crippen molar-refractivity contribution in [2.45, 2.75) is 58.8 Å². The summed E-state index contributed by atoms with van der Waals surface area (Å²) in [7, 11) is 0. The number of hydrogen-bond donors (Lipinski definition) is 0. The maximum Gasteiger partial charge on any atom is 0.0991 e. The number of nitriles is 2. The Hall–Kier alpha value is -7.66. The number of fused-ring (bicyclic) bond motifs is 9. The van der Waals surface area contributed by atoms with Gasteiger partial charge in [-0.25, -0.2) is 0 Å². The van der Waals surface area contributed by atoms with Crippen molar-refractivity contribution in [1.29, 1.82) is 10.5 Å². The molecule has 4 nitrogen and oxygen atoms in total. The number of benzene rings is 9. The van der Waals surface area contributed by atoms with Gasteiger partial charge in [0.05, 0.1) is 23.3 Å². The summed E-state index contributed by atoms with van der Waals surface area (Å²) < 4.78 is 0. The van der Waals surface area contributed by atoms with Crippen LogP contribution in [0.3, 0.4) is 0 Å². The van der Waals surface area contributed by atoms with E-state index in [4.69, 9.17) is 0 Å². The fraction of sp³-hybridized carbons (Fsp3) is 0.153. The summed E-state index contributed by atoms with van der Waals surface area (Å²) >= 11 is 0. The summed E-state index contributed by atoms with van der Waals surface area (Å²) in [6.45, 7) is 13.7. The minimum atomic E-state index is -0.294. The van der Waals surface area contributed by atoms with Crippen LogP contribution in [0.15, 0.2) is 170 Å². The van der Waals surface area contributed by atoms with Gasteiger partial charge in [0.1, 0.15) is 0 Å². The lowest BCUT2D eigenvalue weighted by Gasteiger charge is -2.28. The van der Waals surface area contributed by atoms with Crippen LogP contribution in [-0.4, -0.2) is 0 Å². The highest BCUT2D eigenvalue weighted by molar-refractivity contribution is 6.19. The lowest BCUT2D eigenvalue weighted by Crippen LogP contribution is -2.16. The minimum Gasteiger partial charge on any atom is -0.310 e. The fourth-order valence-corrected chi connectivity index (χ4v) is 9.81. The molecular formula is C59H48N4. The molecule has 9 aromatic carbocycles. The van der Waals surface area contributed by atoms with Crippen LogP contribution in [0.2, 0.25) is 0 Å². The van der Waals surface area contributed by atoms with Crippen molar-refractivity contribution in [3.63, 3.8) is 0 Å². The summed E-state index contributed by atoms with van der Waals surface area (Å²) in [5.41, 5.74) is 15.1. The highest BCUT2D eigenvalue weighted by Gasteiger charge is 2.39. The van der Waals surface area contributed by atoms with E-state index in [0.717, 1.165) is 34.1 Å². The largest absolute Gasteiger partial charge is 0.310 e. The second kappa shape index (κ2) is 15.4. The number of nitrogens with zero attached hydrogens (tertiary/aromatic N) is 4. The molecule has 1 aliphatic carbocycles. The van der Waals surface area contributed by atoms with E-state index in [-0.39, 0.29) is 5.41 Å². The third kappa shape index (κ3) is 6.67. The van der Waals surface area contributed by atoms with E-state index < -0.39 is 0 Å². The van der Waals surface area contributed by atoms with E-state index in [1.54, 1.807) is 0 Å². The number of hydrogen-bond acceptors (Lipinski definition) is 4. The zero-order valence-corrected chi connectivity index (χ0v) is 36.6. The van der Waals surface area contributed by atoms with E-state index in [1.165, 1.54) is 65.7 Å². The van der Waals surface area contributed by atoms with Gasteiger partial charge in [-0.2, -0.15) is 10.5 Å². The van der Waals surface area contributed by atoms with E-state index in [2.05, 4.69) is 185 Å². The minimum absolute atomic E-state index is 0.294. The Morgan fingerprint density at radius 3 is 1.40 bits per heavy atom. The van der Waals surface area contributed by atoms with Crippen molar-refractivity contribution in [3.05, 3.63) is 203 Å². The Kier molecular flexibility index (Phi) is 9.62. The van der Waals surface area contributed by atoms with Crippen molar-refractivity contribution in [2.24, 2.45) is 0 Å². The van der Waals surface area contributed by atoms with Crippen LogP contribution in [0.5, 0.6) is 0 Å². The van der Waals surface area contributed by atoms with Crippen molar-refractivity contribution < 1.29 is 0 Å². The molecule has 0 aliphatic heterocycles. The van der Waals surface area contributed by atoms with E-state index in [9.17, 15) is 10.5 Å². The van der Waals surface area contributed by atoms with Crippen LogP contribution in [0.25, 0.3) is 43.4 Å². The van der Waals surface area contributed by atoms with E-state index in [0.29, 0.717) is 23.0 Å². The Morgan fingerprint density at radius 1 is 0.429 bits per heavy atom. The van der Waals surface area contributed by atoms with Crippen LogP contribution < -0.4 is 9.80 Å². The molecule has 0 saturated heterocycles. The van der Waals surface area contributed by atoms with Gasteiger partial charge in [0.2, 0.25) is 0 Å². The van der Waals surface area contributed by atoms with Crippen LogP contribution in [-0.2, 0) is 5.41 Å². The van der Waals surface area contributed by atoms with Gasteiger partial charge in [-0.1, -0.05) is 102 Å². The van der Waals surface area contributed by atoms with Gasteiger partial charge in [-0.3, -0.25) is 0 Å². The predicted molar refractivity (Wildman–Crippen MR) is 263 cm³/mol. The van der Waals surface area contributed by atoms with Crippen LogP contribution in [0.4, 0.5) is 34.1 Å². The molecule has 304 valence electrons. The fourth-order valence-electron chi connectivity index (χ4n) is 9.81. The third-order valence-corrected chi connectivity index (χ3v) is 13.2. The summed E-state index contributed by atoms with van der Waals surface area (Å²) in [5.74, 6) is 0.866. The standard InChI is InChI=1S/C59H48N4/c1-37(2)41-15-24-47(25-16-41)62(45-20-11-39(35-60)12-21-45)49-28-19-43-32-55-56(33-44(43)31-49)59(5,6)58-53-30-29-50(34-54(53)51-9-7-8-10-52(51)57(55)58)63(46-22-13-40(36-61)14-23-46)48-26-17-42(18-27-48)38(3)4/h7-34,37-38H,1-6H3.